The number of nitrogens with zero attached hydrogens (tertiary/aromatic N) is 3. The standard InChI is InChI=1S/C12H26N4O/c1-3-11(2)16-9-7-15(8-10-16)6-4-5-12(13)14-17/h11,17H,3-10H2,1-2H3,(H2,13,14). The molecular formula is C12H26N4O. The Kier molecular flexibility index (Phi) is 6.29. The highest BCUT2D eigenvalue weighted by atomic mass is 16.4. The fourth-order valence-corrected chi connectivity index (χ4v) is 2.22. The summed E-state index contributed by atoms with van der Waals surface area (Å²) >= 11 is 0. The van der Waals surface area contributed by atoms with Crippen molar-refractivity contribution in [3.63, 3.8) is 0 Å². The second-order valence-corrected chi connectivity index (χ2v) is 4.83. The molecule has 1 rings (SSSR count). The molecule has 17 heavy (non-hydrogen) atoms. The normalized spacial score (nSPS) is 21.6. The molecule has 0 spiro atoms. The van der Waals surface area contributed by atoms with Gasteiger partial charge in [0.25, 0.3) is 0 Å². The van der Waals surface area contributed by atoms with Crippen LogP contribution in [-0.4, -0.2) is 59.6 Å². The van der Waals surface area contributed by atoms with E-state index in [2.05, 4.69) is 28.8 Å². The molecule has 1 atom stereocenters. The molecule has 0 aromatic heterocycles. The minimum atomic E-state index is 0.336. The van der Waals surface area contributed by atoms with Crippen LogP contribution in [0, 0.1) is 0 Å². The molecular weight excluding hydrogens is 216 g/mol. The van der Waals surface area contributed by atoms with Crippen LogP contribution in [0.1, 0.15) is 33.1 Å². The van der Waals surface area contributed by atoms with E-state index in [0.29, 0.717) is 18.3 Å². The SMILES string of the molecule is CCC(C)N1CCN(CCCC(N)=NO)CC1. The van der Waals surface area contributed by atoms with Crippen molar-refractivity contribution in [3.05, 3.63) is 0 Å². The second kappa shape index (κ2) is 7.50. The number of hydrogen-bond donors (Lipinski definition) is 2. The van der Waals surface area contributed by atoms with E-state index in [1.807, 2.05) is 0 Å². The first-order valence-corrected chi connectivity index (χ1v) is 6.60. The summed E-state index contributed by atoms with van der Waals surface area (Å²) < 4.78 is 0. The highest BCUT2D eigenvalue weighted by Gasteiger charge is 2.19. The van der Waals surface area contributed by atoms with E-state index in [4.69, 9.17) is 10.9 Å². The second-order valence-electron chi connectivity index (χ2n) is 4.83. The molecule has 0 radical (unpaired) electrons. The van der Waals surface area contributed by atoms with Crippen molar-refractivity contribution in [1.82, 2.24) is 9.80 Å². The van der Waals surface area contributed by atoms with Gasteiger partial charge in [0.05, 0.1) is 0 Å². The fourth-order valence-electron chi connectivity index (χ4n) is 2.22. The summed E-state index contributed by atoms with van der Waals surface area (Å²) in [5.74, 6) is 0.336. The van der Waals surface area contributed by atoms with Crippen molar-refractivity contribution in [1.29, 1.82) is 0 Å². The number of amidine groups is 1. The summed E-state index contributed by atoms with van der Waals surface area (Å²) in [7, 11) is 0. The molecule has 5 heteroatoms. The maximum absolute atomic E-state index is 8.44. The molecule has 0 saturated carbocycles. The van der Waals surface area contributed by atoms with Crippen LogP contribution in [0.25, 0.3) is 0 Å². The minimum absolute atomic E-state index is 0.336. The minimum Gasteiger partial charge on any atom is -0.409 e. The molecule has 100 valence electrons. The molecule has 1 aliphatic heterocycles. The van der Waals surface area contributed by atoms with Crippen LogP contribution in [0.15, 0.2) is 5.16 Å². The Morgan fingerprint density at radius 2 is 2.00 bits per heavy atom. The van der Waals surface area contributed by atoms with Gasteiger partial charge < -0.3 is 15.8 Å². The lowest BCUT2D eigenvalue weighted by atomic mass is 10.2. The molecule has 1 heterocycles. The van der Waals surface area contributed by atoms with Crippen LogP contribution in [0.5, 0.6) is 0 Å². The largest absolute Gasteiger partial charge is 0.409 e. The van der Waals surface area contributed by atoms with Gasteiger partial charge in [-0.25, -0.2) is 0 Å². The van der Waals surface area contributed by atoms with Gasteiger partial charge in [-0.1, -0.05) is 12.1 Å². The third kappa shape index (κ3) is 4.91. The number of nitrogens with two attached hydrogens (primary N) is 1. The van der Waals surface area contributed by atoms with Gasteiger partial charge >= 0.3 is 0 Å². The first-order chi connectivity index (χ1) is 8.17. The maximum Gasteiger partial charge on any atom is 0.139 e. The predicted octanol–water partition coefficient (Wildman–Crippen LogP) is 0.929. The first-order valence-electron chi connectivity index (χ1n) is 6.60. The van der Waals surface area contributed by atoms with Gasteiger partial charge in [0.2, 0.25) is 0 Å². The van der Waals surface area contributed by atoms with Crippen molar-refractivity contribution < 1.29 is 5.21 Å². The van der Waals surface area contributed by atoms with E-state index in [-0.39, 0.29) is 0 Å². The van der Waals surface area contributed by atoms with Crippen LogP contribution in [0.3, 0.4) is 0 Å². The van der Waals surface area contributed by atoms with E-state index < -0.39 is 0 Å². The highest BCUT2D eigenvalue weighted by Crippen LogP contribution is 2.09. The van der Waals surface area contributed by atoms with Gasteiger partial charge in [0.15, 0.2) is 0 Å². The first kappa shape index (κ1) is 14.3. The van der Waals surface area contributed by atoms with Gasteiger partial charge in [-0.05, 0) is 26.3 Å². The summed E-state index contributed by atoms with van der Waals surface area (Å²) in [5.41, 5.74) is 5.44. The maximum atomic E-state index is 8.44. The third-order valence-electron chi connectivity index (χ3n) is 3.66. The number of rotatable bonds is 6. The highest BCUT2D eigenvalue weighted by molar-refractivity contribution is 5.79. The summed E-state index contributed by atoms with van der Waals surface area (Å²) in [6.45, 7) is 10.2. The Hall–Kier alpha value is -0.810. The van der Waals surface area contributed by atoms with Gasteiger partial charge in [-0.2, -0.15) is 0 Å². The Morgan fingerprint density at radius 1 is 1.35 bits per heavy atom. The Bertz CT molecular complexity index is 237. The number of piperazine rings is 1. The van der Waals surface area contributed by atoms with Crippen LogP contribution in [-0.2, 0) is 0 Å². The van der Waals surface area contributed by atoms with Crippen LogP contribution in [0.2, 0.25) is 0 Å². The van der Waals surface area contributed by atoms with Crippen molar-refractivity contribution in [2.45, 2.75) is 39.2 Å². The average Bonchev–Trinajstić information content (AvgIpc) is 2.38. The van der Waals surface area contributed by atoms with Crippen molar-refractivity contribution >= 4 is 5.84 Å². The Morgan fingerprint density at radius 3 is 2.53 bits per heavy atom. The lowest BCUT2D eigenvalue weighted by Crippen LogP contribution is -2.49. The number of hydrogen-bond acceptors (Lipinski definition) is 4. The zero-order valence-electron chi connectivity index (χ0n) is 11.1. The Labute approximate surface area is 104 Å². The molecule has 0 bridgehead atoms. The monoisotopic (exact) mass is 242 g/mol. The lowest BCUT2D eigenvalue weighted by Gasteiger charge is -2.37. The van der Waals surface area contributed by atoms with E-state index >= 15 is 0 Å². The molecule has 1 unspecified atom stereocenters. The molecule has 1 fully saturated rings. The zero-order valence-corrected chi connectivity index (χ0v) is 11.1. The molecule has 3 N–H and O–H groups in total. The van der Waals surface area contributed by atoms with E-state index in [1.165, 1.54) is 19.5 Å². The number of oxime groups is 1. The van der Waals surface area contributed by atoms with Gasteiger partial charge in [0, 0.05) is 38.6 Å². The Balaban J connectivity index is 2.15. The molecule has 5 nitrogen and oxygen atoms in total. The van der Waals surface area contributed by atoms with E-state index in [0.717, 1.165) is 26.1 Å². The van der Waals surface area contributed by atoms with E-state index in [9.17, 15) is 0 Å². The molecule has 0 amide bonds. The topological polar surface area (TPSA) is 65.1 Å². The van der Waals surface area contributed by atoms with Crippen molar-refractivity contribution in [3.8, 4) is 0 Å². The molecule has 0 aliphatic carbocycles. The molecule has 0 aromatic rings. The van der Waals surface area contributed by atoms with Crippen molar-refractivity contribution in [2.24, 2.45) is 10.9 Å². The summed E-state index contributed by atoms with van der Waals surface area (Å²) in [4.78, 5) is 5.02. The molecule has 1 saturated heterocycles. The van der Waals surface area contributed by atoms with Gasteiger partial charge in [0.1, 0.15) is 5.84 Å². The third-order valence-corrected chi connectivity index (χ3v) is 3.66. The zero-order chi connectivity index (χ0) is 12.7. The van der Waals surface area contributed by atoms with Gasteiger partial charge in [-0.3, -0.25) is 4.90 Å². The quantitative estimate of drug-likeness (QED) is 0.315. The summed E-state index contributed by atoms with van der Waals surface area (Å²) in [6.07, 6.45) is 2.88. The van der Waals surface area contributed by atoms with Crippen LogP contribution < -0.4 is 5.73 Å². The summed E-state index contributed by atoms with van der Waals surface area (Å²) in [6, 6.07) is 0.703. The van der Waals surface area contributed by atoms with Crippen molar-refractivity contribution in [2.75, 3.05) is 32.7 Å². The molecule has 0 aromatic carbocycles. The molecule has 1 aliphatic rings. The van der Waals surface area contributed by atoms with Gasteiger partial charge in [-0.15, -0.1) is 0 Å². The predicted molar refractivity (Wildman–Crippen MR) is 70.4 cm³/mol. The van der Waals surface area contributed by atoms with Crippen LogP contribution >= 0.6 is 0 Å². The van der Waals surface area contributed by atoms with Crippen LogP contribution in [0.4, 0.5) is 0 Å². The van der Waals surface area contributed by atoms with E-state index in [1.54, 1.807) is 0 Å². The lowest BCUT2D eigenvalue weighted by molar-refractivity contribution is 0.100. The smallest absolute Gasteiger partial charge is 0.139 e. The average molecular weight is 242 g/mol. The summed E-state index contributed by atoms with van der Waals surface area (Å²) in [5, 5.41) is 11.4. The fraction of sp³-hybridized carbons (Fsp3) is 0.917.